The Hall–Kier alpha value is -2.77. The first kappa shape index (κ1) is 16.6. The van der Waals surface area contributed by atoms with E-state index in [0.29, 0.717) is 35.7 Å². The zero-order chi connectivity index (χ0) is 16.5. The molecular weight excluding hydrogens is 292 g/mol. The van der Waals surface area contributed by atoms with Gasteiger partial charge in [0.25, 0.3) is 0 Å². The van der Waals surface area contributed by atoms with Crippen molar-refractivity contribution in [2.24, 2.45) is 0 Å². The maximum absolute atomic E-state index is 12.4. The van der Waals surface area contributed by atoms with Crippen molar-refractivity contribution in [3.63, 3.8) is 0 Å². The van der Waals surface area contributed by atoms with Crippen LogP contribution < -0.4 is 9.47 Å². The van der Waals surface area contributed by atoms with Crippen LogP contribution in [0.3, 0.4) is 0 Å². The number of aliphatic hydroxyl groups excluding tert-OH is 1. The van der Waals surface area contributed by atoms with E-state index in [2.05, 4.69) is 5.92 Å². The molecule has 4 heteroatoms. The Bertz CT molecular complexity index is 666. The molecule has 2 aromatic carbocycles. The predicted octanol–water partition coefficient (Wildman–Crippen LogP) is 2.69. The second-order valence-electron chi connectivity index (χ2n) is 4.80. The zero-order valence-electron chi connectivity index (χ0n) is 12.7. The van der Waals surface area contributed by atoms with E-state index in [-0.39, 0.29) is 19.0 Å². The summed E-state index contributed by atoms with van der Waals surface area (Å²) in [6, 6.07) is 13.8. The SMILES string of the molecule is C#CCOc1ccc(C(=O)c2ccc(OCCCO)cc2)cc1. The van der Waals surface area contributed by atoms with Crippen molar-refractivity contribution in [1.29, 1.82) is 0 Å². The minimum absolute atomic E-state index is 0.0737. The van der Waals surface area contributed by atoms with Gasteiger partial charge in [0.2, 0.25) is 0 Å². The van der Waals surface area contributed by atoms with Crippen molar-refractivity contribution < 1.29 is 19.4 Å². The van der Waals surface area contributed by atoms with Gasteiger partial charge in [-0.1, -0.05) is 5.92 Å². The number of hydrogen-bond donors (Lipinski definition) is 1. The Labute approximate surface area is 135 Å². The molecule has 0 bridgehead atoms. The highest BCUT2D eigenvalue weighted by Crippen LogP contribution is 2.18. The number of ether oxygens (including phenoxy) is 2. The quantitative estimate of drug-likeness (QED) is 0.463. The molecule has 0 aliphatic rings. The lowest BCUT2D eigenvalue weighted by Crippen LogP contribution is -2.03. The molecule has 2 aromatic rings. The van der Waals surface area contributed by atoms with Gasteiger partial charge in [-0.05, 0) is 48.5 Å². The molecule has 0 radical (unpaired) electrons. The minimum Gasteiger partial charge on any atom is -0.494 e. The van der Waals surface area contributed by atoms with Crippen LogP contribution in [-0.2, 0) is 0 Å². The molecule has 0 spiro atoms. The van der Waals surface area contributed by atoms with Crippen molar-refractivity contribution in [2.45, 2.75) is 6.42 Å². The third kappa shape index (κ3) is 4.87. The summed E-state index contributed by atoms with van der Waals surface area (Å²) in [6.45, 7) is 0.742. The Morgan fingerprint density at radius 2 is 1.48 bits per heavy atom. The van der Waals surface area contributed by atoms with Crippen LogP contribution in [-0.4, -0.2) is 30.7 Å². The number of carbonyl (C=O) groups excluding carboxylic acids is 1. The molecule has 0 fully saturated rings. The van der Waals surface area contributed by atoms with Crippen molar-refractivity contribution in [2.75, 3.05) is 19.8 Å². The van der Waals surface area contributed by atoms with Gasteiger partial charge in [-0.15, -0.1) is 6.42 Å². The largest absolute Gasteiger partial charge is 0.494 e. The highest BCUT2D eigenvalue weighted by molar-refractivity contribution is 6.09. The lowest BCUT2D eigenvalue weighted by Gasteiger charge is -2.07. The molecule has 118 valence electrons. The molecule has 0 amide bonds. The topological polar surface area (TPSA) is 55.8 Å². The van der Waals surface area contributed by atoms with E-state index >= 15 is 0 Å². The number of hydrogen-bond acceptors (Lipinski definition) is 4. The molecule has 1 N–H and O–H groups in total. The maximum atomic E-state index is 12.4. The monoisotopic (exact) mass is 310 g/mol. The van der Waals surface area contributed by atoms with E-state index in [1.165, 1.54) is 0 Å². The maximum Gasteiger partial charge on any atom is 0.193 e. The van der Waals surface area contributed by atoms with Crippen LogP contribution in [0.1, 0.15) is 22.3 Å². The van der Waals surface area contributed by atoms with E-state index in [1.54, 1.807) is 48.5 Å². The van der Waals surface area contributed by atoms with Gasteiger partial charge in [-0.25, -0.2) is 0 Å². The summed E-state index contributed by atoms with van der Waals surface area (Å²) < 4.78 is 10.7. The number of carbonyl (C=O) groups is 1. The molecule has 0 atom stereocenters. The lowest BCUT2D eigenvalue weighted by atomic mass is 10.0. The summed E-state index contributed by atoms with van der Waals surface area (Å²) in [5.74, 6) is 3.62. The second-order valence-corrected chi connectivity index (χ2v) is 4.80. The summed E-state index contributed by atoms with van der Waals surface area (Å²) in [5.41, 5.74) is 1.16. The Morgan fingerprint density at radius 1 is 0.957 bits per heavy atom. The lowest BCUT2D eigenvalue weighted by molar-refractivity contribution is 0.103. The first-order chi connectivity index (χ1) is 11.2. The van der Waals surface area contributed by atoms with Gasteiger partial charge in [0, 0.05) is 24.2 Å². The van der Waals surface area contributed by atoms with Crippen LogP contribution in [0.25, 0.3) is 0 Å². The second kappa shape index (κ2) is 8.62. The third-order valence-corrected chi connectivity index (χ3v) is 3.13. The van der Waals surface area contributed by atoms with Gasteiger partial charge < -0.3 is 14.6 Å². The highest BCUT2D eigenvalue weighted by Gasteiger charge is 2.09. The van der Waals surface area contributed by atoms with E-state index in [4.69, 9.17) is 21.0 Å². The molecule has 2 rings (SSSR count). The summed E-state index contributed by atoms with van der Waals surface area (Å²) in [7, 11) is 0. The normalized spacial score (nSPS) is 9.91. The van der Waals surface area contributed by atoms with E-state index < -0.39 is 0 Å². The summed E-state index contributed by atoms with van der Waals surface area (Å²) in [4.78, 5) is 12.4. The minimum atomic E-state index is -0.0737. The fourth-order valence-electron chi connectivity index (χ4n) is 1.95. The number of terminal acetylenes is 1. The molecule has 23 heavy (non-hydrogen) atoms. The third-order valence-electron chi connectivity index (χ3n) is 3.13. The van der Waals surface area contributed by atoms with Crippen LogP contribution in [0, 0.1) is 12.3 Å². The zero-order valence-corrected chi connectivity index (χ0v) is 12.7. The molecule has 0 heterocycles. The Kier molecular flexibility index (Phi) is 6.22. The molecule has 0 aromatic heterocycles. The van der Waals surface area contributed by atoms with Crippen molar-refractivity contribution in [3.05, 3.63) is 59.7 Å². The first-order valence-electron chi connectivity index (χ1n) is 7.29. The fourth-order valence-corrected chi connectivity index (χ4v) is 1.95. The van der Waals surface area contributed by atoms with Gasteiger partial charge in [0.15, 0.2) is 5.78 Å². The Morgan fingerprint density at radius 3 is 1.96 bits per heavy atom. The van der Waals surface area contributed by atoms with Crippen LogP contribution in [0.15, 0.2) is 48.5 Å². The molecule has 0 saturated heterocycles. The Balaban J connectivity index is 2.01. The molecule has 0 aliphatic heterocycles. The number of aliphatic hydroxyl groups is 1. The standard InChI is InChI=1S/C19H18O4/c1-2-13-22-17-8-4-15(5-9-17)19(21)16-6-10-18(11-7-16)23-14-3-12-20/h1,4-11,20H,3,12-14H2. The average molecular weight is 310 g/mol. The van der Waals surface area contributed by atoms with Gasteiger partial charge >= 0.3 is 0 Å². The van der Waals surface area contributed by atoms with Gasteiger partial charge in [-0.3, -0.25) is 4.79 Å². The van der Waals surface area contributed by atoms with E-state index in [0.717, 1.165) is 0 Å². The highest BCUT2D eigenvalue weighted by atomic mass is 16.5. The summed E-state index contributed by atoms with van der Waals surface area (Å²) in [5, 5.41) is 8.71. The summed E-state index contributed by atoms with van der Waals surface area (Å²) >= 11 is 0. The van der Waals surface area contributed by atoms with Gasteiger partial charge in [-0.2, -0.15) is 0 Å². The molecule has 4 nitrogen and oxygen atoms in total. The van der Waals surface area contributed by atoms with Crippen LogP contribution >= 0.6 is 0 Å². The van der Waals surface area contributed by atoms with Crippen LogP contribution in [0.4, 0.5) is 0 Å². The first-order valence-corrected chi connectivity index (χ1v) is 7.29. The smallest absolute Gasteiger partial charge is 0.193 e. The molecular formula is C19H18O4. The van der Waals surface area contributed by atoms with Gasteiger partial charge in [0.1, 0.15) is 18.1 Å². The predicted molar refractivity (Wildman–Crippen MR) is 87.8 cm³/mol. The average Bonchev–Trinajstić information content (AvgIpc) is 2.61. The van der Waals surface area contributed by atoms with Gasteiger partial charge in [0.05, 0.1) is 6.61 Å². The number of rotatable bonds is 8. The van der Waals surface area contributed by atoms with Crippen LogP contribution in [0.5, 0.6) is 11.5 Å². The van der Waals surface area contributed by atoms with Crippen molar-refractivity contribution >= 4 is 5.78 Å². The number of benzene rings is 2. The van der Waals surface area contributed by atoms with E-state index in [1.807, 2.05) is 0 Å². The van der Waals surface area contributed by atoms with Crippen molar-refractivity contribution in [1.82, 2.24) is 0 Å². The van der Waals surface area contributed by atoms with E-state index in [9.17, 15) is 4.79 Å². The molecule has 0 unspecified atom stereocenters. The molecule has 0 aliphatic carbocycles. The van der Waals surface area contributed by atoms with Crippen molar-refractivity contribution in [3.8, 4) is 23.8 Å². The number of ketones is 1. The van der Waals surface area contributed by atoms with Crippen LogP contribution in [0.2, 0.25) is 0 Å². The molecule has 0 saturated carbocycles. The summed E-state index contributed by atoms with van der Waals surface area (Å²) in [6.07, 6.45) is 5.71. The fraction of sp³-hybridized carbons (Fsp3) is 0.211.